The molecule has 0 aliphatic carbocycles. The summed E-state index contributed by atoms with van der Waals surface area (Å²) in [5.74, 6) is 0. The minimum atomic E-state index is -0.772. The lowest BCUT2D eigenvalue weighted by atomic mass is 9.79. The van der Waals surface area contributed by atoms with E-state index in [1.54, 1.807) is 0 Å². The van der Waals surface area contributed by atoms with E-state index in [2.05, 4.69) is 24.3 Å². The zero-order valence-corrected chi connectivity index (χ0v) is 11.5. The van der Waals surface area contributed by atoms with Crippen LogP contribution in [0.3, 0.4) is 0 Å². The quantitative estimate of drug-likeness (QED) is 0.844. The molecule has 1 aliphatic heterocycles. The number of fused-ring (bicyclic) bond motifs is 1. The van der Waals surface area contributed by atoms with Gasteiger partial charge in [0.15, 0.2) is 0 Å². The molecule has 1 N–H and O–H groups in total. The summed E-state index contributed by atoms with van der Waals surface area (Å²) >= 11 is 0. The number of rotatable bonds is 1. The van der Waals surface area contributed by atoms with Gasteiger partial charge in [-0.1, -0.05) is 36.4 Å². The molecule has 0 aromatic heterocycles. The molecule has 0 radical (unpaired) electrons. The van der Waals surface area contributed by atoms with Crippen molar-refractivity contribution in [2.75, 3.05) is 6.61 Å². The molecular formula is C17H20O2. The molecule has 3 rings (SSSR count). The van der Waals surface area contributed by atoms with Crippen molar-refractivity contribution in [1.29, 1.82) is 0 Å². The Balaban J connectivity index is 2.03. The third kappa shape index (κ3) is 2.38. The fraction of sp³-hybridized carbons (Fsp3) is 0.412. The molecule has 0 spiro atoms. The number of ether oxygens (including phenoxy) is 1. The van der Waals surface area contributed by atoms with E-state index in [0.29, 0.717) is 19.4 Å². The topological polar surface area (TPSA) is 29.5 Å². The van der Waals surface area contributed by atoms with E-state index in [1.807, 2.05) is 32.0 Å². The van der Waals surface area contributed by atoms with Gasteiger partial charge in [0.1, 0.15) is 0 Å². The van der Waals surface area contributed by atoms with Gasteiger partial charge in [-0.15, -0.1) is 0 Å². The van der Waals surface area contributed by atoms with Gasteiger partial charge in [0, 0.05) is 12.8 Å². The lowest BCUT2D eigenvalue weighted by molar-refractivity contribution is -0.148. The van der Waals surface area contributed by atoms with Gasteiger partial charge in [-0.3, -0.25) is 0 Å². The summed E-state index contributed by atoms with van der Waals surface area (Å²) in [5.41, 5.74) is -0.0349. The molecule has 2 aromatic rings. The summed E-state index contributed by atoms with van der Waals surface area (Å²) in [6.45, 7) is 4.69. The average Bonchev–Trinajstić information content (AvgIpc) is 2.36. The highest BCUT2D eigenvalue weighted by Crippen LogP contribution is 2.40. The van der Waals surface area contributed by atoms with Crippen LogP contribution in [0.5, 0.6) is 0 Å². The standard InChI is InChI=1S/C17H20O2/c1-16(2)12-17(18,9-10-19-16)15-8-7-13-5-3-4-6-14(13)11-15/h3-8,11,18H,9-10,12H2,1-2H3. The maximum absolute atomic E-state index is 11.0. The molecule has 100 valence electrons. The van der Waals surface area contributed by atoms with E-state index < -0.39 is 5.60 Å². The van der Waals surface area contributed by atoms with Crippen LogP contribution in [-0.4, -0.2) is 17.3 Å². The van der Waals surface area contributed by atoms with Crippen molar-refractivity contribution in [3.63, 3.8) is 0 Å². The van der Waals surface area contributed by atoms with E-state index in [9.17, 15) is 5.11 Å². The van der Waals surface area contributed by atoms with Gasteiger partial charge in [0.2, 0.25) is 0 Å². The van der Waals surface area contributed by atoms with Gasteiger partial charge in [-0.2, -0.15) is 0 Å². The molecule has 0 saturated carbocycles. The third-order valence-electron chi connectivity index (χ3n) is 4.01. The Morgan fingerprint density at radius 3 is 2.53 bits per heavy atom. The Morgan fingerprint density at radius 2 is 1.79 bits per heavy atom. The molecule has 1 unspecified atom stereocenters. The smallest absolute Gasteiger partial charge is 0.0945 e. The first-order valence-corrected chi connectivity index (χ1v) is 6.84. The molecule has 2 heteroatoms. The second-order valence-corrected chi connectivity index (χ2v) is 6.13. The second kappa shape index (κ2) is 4.32. The fourth-order valence-corrected chi connectivity index (χ4v) is 3.07. The number of benzene rings is 2. The molecule has 19 heavy (non-hydrogen) atoms. The monoisotopic (exact) mass is 256 g/mol. The van der Waals surface area contributed by atoms with Crippen molar-refractivity contribution in [3.05, 3.63) is 48.0 Å². The first kappa shape index (κ1) is 12.6. The predicted molar refractivity (Wildman–Crippen MR) is 77.1 cm³/mol. The summed E-state index contributed by atoms with van der Waals surface area (Å²) in [7, 11) is 0. The van der Waals surface area contributed by atoms with Gasteiger partial charge >= 0.3 is 0 Å². The van der Waals surface area contributed by atoms with Gasteiger partial charge < -0.3 is 9.84 Å². The van der Waals surface area contributed by atoms with Gasteiger partial charge in [-0.05, 0) is 36.2 Å². The molecule has 0 bridgehead atoms. The zero-order chi connectivity index (χ0) is 13.5. The van der Waals surface area contributed by atoms with E-state index in [-0.39, 0.29) is 5.60 Å². The molecular weight excluding hydrogens is 236 g/mol. The lowest BCUT2D eigenvalue weighted by Gasteiger charge is -2.41. The fourth-order valence-electron chi connectivity index (χ4n) is 3.07. The largest absolute Gasteiger partial charge is 0.385 e. The van der Waals surface area contributed by atoms with Crippen LogP contribution in [0, 0.1) is 0 Å². The molecule has 1 atom stereocenters. The third-order valence-corrected chi connectivity index (χ3v) is 4.01. The molecule has 1 aliphatic rings. The van der Waals surface area contributed by atoms with Crippen LogP contribution in [0.15, 0.2) is 42.5 Å². The van der Waals surface area contributed by atoms with Crippen LogP contribution in [0.2, 0.25) is 0 Å². The van der Waals surface area contributed by atoms with E-state index >= 15 is 0 Å². The molecule has 1 heterocycles. The number of hydrogen-bond donors (Lipinski definition) is 1. The Morgan fingerprint density at radius 1 is 1.05 bits per heavy atom. The molecule has 1 fully saturated rings. The number of aliphatic hydroxyl groups is 1. The predicted octanol–water partition coefficient (Wildman–Crippen LogP) is 3.62. The molecule has 0 amide bonds. The Kier molecular flexibility index (Phi) is 2.88. The van der Waals surface area contributed by atoms with E-state index in [0.717, 1.165) is 5.56 Å². The summed E-state index contributed by atoms with van der Waals surface area (Å²) in [6.07, 6.45) is 1.30. The van der Waals surface area contributed by atoms with Crippen LogP contribution in [0.25, 0.3) is 10.8 Å². The lowest BCUT2D eigenvalue weighted by Crippen LogP contribution is -2.43. The average molecular weight is 256 g/mol. The maximum atomic E-state index is 11.0. The van der Waals surface area contributed by atoms with Crippen LogP contribution >= 0.6 is 0 Å². The molecule has 2 aromatic carbocycles. The molecule has 1 saturated heterocycles. The first-order chi connectivity index (χ1) is 8.99. The highest BCUT2D eigenvalue weighted by Gasteiger charge is 2.40. The van der Waals surface area contributed by atoms with Crippen molar-refractivity contribution in [1.82, 2.24) is 0 Å². The zero-order valence-electron chi connectivity index (χ0n) is 11.5. The normalized spacial score (nSPS) is 26.5. The van der Waals surface area contributed by atoms with Crippen molar-refractivity contribution in [3.8, 4) is 0 Å². The van der Waals surface area contributed by atoms with Crippen molar-refractivity contribution < 1.29 is 9.84 Å². The minimum Gasteiger partial charge on any atom is -0.385 e. The summed E-state index contributed by atoms with van der Waals surface area (Å²) in [6, 6.07) is 14.5. The van der Waals surface area contributed by atoms with Gasteiger partial charge in [-0.25, -0.2) is 0 Å². The molecule has 2 nitrogen and oxygen atoms in total. The van der Waals surface area contributed by atoms with Crippen LogP contribution < -0.4 is 0 Å². The van der Waals surface area contributed by atoms with Crippen LogP contribution in [-0.2, 0) is 10.3 Å². The summed E-state index contributed by atoms with van der Waals surface area (Å²) in [4.78, 5) is 0. The summed E-state index contributed by atoms with van der Waals surface area (Å²) < 4.78 is 5.71. The van der Waals surface area contributed by atoms with Gasteiger partial charge in [0.25, 0.3) is 0 Å². The second-order valence-electron chi connectivity index (χ2n) is 6.13. The van der Waals surface area contributed by atoms with Crippen molar-refractivity contribution in [2.24, 2.45) is 0 Å². The van der Waals surface area contributed by atoms with E-state index in [1.165, 1.54) is 10.8 Å². The van der Waals surface area contributed by atoms with Crippen LogP contribution in [0.1, 0.15) is 32.3 Å². The Labute approximate surface area is 114 Å². The van der Waals surface area contributed by atoms with E-state index in [4.69, 9.17) is 4.74 Å². The first-order valence-electron chi connectivity index (χ1n) is 6.84. The highest BCUT2D eigenvalue weighted by molar-refractivity contribution is 5.83. The van der Waals surface area contributed by atoms with Crippen molar-refractivity contribution >= 4 is 10.8 Å². The SMILES string of the molecule is CC1(C)CC(O)(c2ccc3ccccc3c2)CCO1. The highest BCUT2D eigenvalue weighted by atomic mass is 16.5. The van der Waals surface area contributed by atoms with Gasteiger partial charge in [0.05, 0.1) is 17.8 Å². The Bertz CT molecular complexity index is 603. The minimum absolute atomic E-state index is 0.265. The van der Waals surface area contributed by atoms with Crippen molar-refractivity contribution in [2.45, 2.75) is 37.9 Å². The Hall–Kier alpha value is -1.38. The number of hydrogen-bond acceptors (Lipinski definition) is 2. The summed E-state index contributed by atoms with van der Waals surface area (Å²) in [5, 5.41) is 13.3. The van der Waals surface area contributed by atoms with Crippen LogP contribution in [0.4, 0.5) is 0 Å². The maximum Gasteiger partial charge on any atom is 0.0945 e.